The molecular weight excluding hydrogens is 387 g/mol. The summed E-state index contributed by atoms with van der Waals surface area (Å²) in [5.74, 6) is -0.637. The Morgan fingerprint density at radius 1 is 1.24 bits per heavy atom. The quantitative estimate of drug-likeness (QED) is 0.829. The third-order valence-corrected chi connectivity index (χ3v) is 4.87. The van der Waals surface area contributed by atoms with Crippen LogP contribution in [0.1, 0.15) is 36.4 Å². The summed E-state index contributed by atoms with van der Waals surface area (Å²) in [6.45, 7) is 0. The first-order valence-corrected chi connectivity index (χ1v) is 8.73. The van der Waals surface area contributed by atoms with Crippen LogP contribution < -0.4 is 5.73 Å². The number of hydrogen-bond donors (Lipinski definition) is 1. The zero-order chi connectivity index (χ0) is 20.8. The number of nitrogens with two attached hydrogens (primary N) is 1. The number of halogens is 3. The van der Waals surface area contributed by atoms with Crippen molar-refractivity contribution in [3.63, 3.8) is 0 Å². The van der Waals surface area contributed by atoms with Crippen LogP contribution in [0.15, 0.2) is 53.3 Å². The van der Waals surface area contributed by atoms with Crippen LogP contribution in [0.3, 0.4) is 0 Å². The second-order valence-electron chi connectivity index (χ2n) is 6.67. The molecule has 1 aromatic heterocycles. The summed E-state index contributed by atoms with van der Waals surface area (Å²) in [4.78, 5) is 12.5. The van der Waals surface area contributed by atoms with Gasteiger partial charge in [-0.3, -0.25) is 4.79 Å². The molecule has 10 heteroatoms. The van der Waals surface area contributed by atoms with Gasteiger partial charge in [-0.2, -0.15) is 18.4 Å². The fourth-order valence-electron chi connectivity index (χ4n) is 3.49. The van der Waals surface area contributed by atoms with Crippen LogP contribution in [0, 0.1) is 11.3 Å². The summed E-state index contributed by atoms with van der Waals surface area (Å²) in [5, 5.41) is 17.5. The molecule has 2 N–H and O–H groups in total. The maximum absolute atomic E-state index is 12.8. The van der Waals surface area contributed by atoms with Crippen LogP contribution in [0.4, 0.5) is 13.2 Å². The minimum absolute atomic E-state index is 0.0541. The topological polar surface area (TPSA) is 107 Å². The number of carbonyl (C=O) groups is 1. The van der Waals surface area contributed by atoms with Gasteiger partial charge in [0.2, 0.25) is 5.88 Å². The number of Topliss-reactive ketones (excluding diaryl/α,β-unsaturated/α-hetero) is 1. The van der Waals surface area contributed by atoms with Gasteiger partial charge in [-0.15, -0.1) is 5.10 Å². The number of alkyl halides is 3. The predicted molar refractivity (Wildman–Crippen MR) is 92.9 cm³/mol. The lowest BCUT2D eigenvalue weighted by Crippen LogP contribution is -2.27. The standard InChI is InChI=1S/C19H14F3N5O2/c20-19(21,22)10-4-6-11(7-5-10)27-9-13(25-26-27)16-12(8-23)18(24)29-15-3-1-2-14(28)17(15)16/h4-7,9,16H,1-3,24H2. The largest absolute Gasteiger partial charge is 0.444 e. The van der Waals surface area contributed by atoms with Crippen LogP contribution in [-0.4, -0.2) is 20.8 Å². The fourth-order valence-corrected chi connectivity index (χ4v) is 3.49. The Labute approximate surface area is 162 Å². The molecule has 0 bridgehead atoms. The van der Waals surface area contributed by atoms with Crippen molar-refractivity contribution in [1.82, 2.24) is 15.0 Å². The van der Waals surface area contributed by atoms with Crippen LogP contribution in [-0.2, 0) is 15.7 Å². The Morgan fingerprint density at radius 3 is 2.62 bits per heavy atom. The van der Waals surface area contributed by atoms with Crippen LogP contribution >= 0.6 is 0 Å². The smallest absolute Gasteiger partial charge is 0.416 e. The van der Waals surface area contributed by atoms with Crippen molar-refractivity contribution in [3.8, 4) is 11.8 Å². The SMILES string of the molecule is N#CC1=C(N)OC2=C(C(=O)CCC2)C1c1cn(-c2ccc(C(F)(F)F)cc2)nn1. The van der Waals surface area contributed by atoms with E-state index in [9.17, 15) is 23.2 Å². The summed E-state index contributed by atoms with van der Waals surface area (Å²) in [6, 6.07) is 6.37. The molecule has 0 spiro atoms. The molecule has 2 heterocycles. The highest BCUT2D eigenvalue weighted by Crippen LogP contribution is 2.42. The first kappa shape index (κ1) is 18.7. The van der Waals surface area contributed by atoms with Gasteiger partial charge in [0, 0.05) is 18.4 Å². The molecule has 148 valence electrons. The molecule has 4 rings (SSSR count). The van der Waals surface area contributed by atoms with E-state index >= 15 is 0 Å². The molecule has 2 aromatic rings. The van der Waals surface area contributed by atoms with Crippen molar-refractivity contribution in [2.75, 3.05) is 0 Å². The molecule has 1 aliphatic heterocycles. The second kappa shape index (κ2) is 6.77. The Bertz CT molecular complexity index is 1090. The lowest BCUT2D eigenvalue weighted by molar-refractivity contribution is -0.137. The Morgan fingerprint density at radius 2 is 1.97 bits per heavy atom. The molecule has 1 aliphatic carbocycles. The average Bonchev–Trinajstić information content (AvgIpc) is 3.16. The number of nitriles is 1. The van der Waals surface area contributed by atoms with Crippen molar-refractivity contribution < 1.29 is 22.7 Å². The number of carbonyl (C=O) groups excluding carboxylic acids is 1. The summed E-state index contributed by atoms with van der Waals surface area (Å²) in [7, 11) is 0. The molecule has 0 fully saturated rings. The van der Waals surface area contributed by atoms with Gasteiger partial charge in [-0.1, -0.05) is 5.21 Å². The zero-order valence-electron chi connectivity index (χ0n) is 14.9. The van der Waals surface area contributed by atoms with E-state index in [1.54, 1.807) is 0 Å². The van der Waals surface area contributed by atoms with Gasteiger partial charge in [0.25, 0.3) is 0 Å². The average molecular weight is 401 g/mol. The van der Waals surface area contributed by atoms with Crippen molar-refractivity contribution in [2.24, 2.45) is 5.73 Å². The van der Waals surface area contributed by atoms with Crippen LogP contribution in [0.5, 0.6) is 0 Å². The number of rotatable bonds is 2. The summed E-state index contributed by atoms with van der Waals surface area (Å²) in [6.07, 6.45) is -1.51. The fraction of sp³-hybridized carbons (Fsp3) is 0.263. The lowest BCUT2D eigenvalue weighted by atomic mass is 9.80. The lowest BCUT2D eigenvalue weighted by Gasteiger charge is -2.29. The summed E-state index contributed by atoms with van der Waals surface area (Å²) >= 11 is 0. The summed E-state index contributed by atoms with van der Waals surface area (Å²) in [5.41, 5.74) is 6.12. The Kier molecular flexibility index (Phi) is 4.38. The molecular formula is C19H14F3N5O2. The number of ether oxygens (including phenoxy) is 1. The van der Waals surface area contributed by atoms with E-state index in [2.05, 4.69) is 10.3 Å². The first-order valence-electron chi connectivity index (χ1n) is 8.73. The molecule has 1 atom stereocenters. The van der Waals surface area contributed by atoms with Gasteiger partial charge in [-0.25, -0.2) is 4.68 Å². The van der Waals surface area contributed by atoms with Crippen LogP contribution in [0.2, 0.25) is 0 Å². The molecule has 0 saturated heterocycles. The highest BCUT2D eigenvalue weighted by molar-refractivity contribution is 5.99. The number of allylic oxidation sites excluding steroid dienone is 3. The van der Waals surface area contributed by atoms with E-state index in [1.807, 2.05) is 6.07 Å². The molecule has 0 saturated carbocycles. The normalized spacial score (nSPS) is 19.7. The molecule has 0 amide bonds. The minimum atomic E-state index is -4.44. The van der Waals surface area contributed by atoms with Gasteiger partial charge in [-0.05, 0) is 30.7 Å². The van der Waals surface area contributed by atoms with E-state index in [0.717, 1.165) is 12.1 Å². The second-order valence-corrected chi connectivity index (χ2v) is 6.67. The molecule has 7 nitrogen and oxygen atoms in total. The Balaban J connectivity index is 1.74. The number of hydrogen-bond acceptors (Lipinski definition) is 6. The van der Waals surface area contributed by atoms with Gasteiger partial charge < -0.3 is 10.5 Å². The highest BCUT2D eigenvalue weighted by atomic mass is 19.4. The molecule has 1 unspecified atom stereocenters. The molecule has 29 heavy (non-hydrogen) atoms. The van der Waals surface area contributed by atoms with Crippen molar-refractivity contribution in [2.45, 2.75) is 31.4 Å². The predicted octanol–water partition coefficient (Wildman–Crippen LogP) is 3.10. The van der Waals surface area contributed by atoms with E-state index in [0.29, 0.717) is 36.3 Å². The number of aromatic nitrogens is 3. The van der Waals surface area contributed by atoms with Crippen molar-refractivity contribution in [3.05, 3.63) is 64.5 Å². The maximum atomic E-state index is 12.8. The maximum Gasteiger partial charge on any atom is 0.416 e. The van der Waals surface area contributed by atoms with E-state index in [-0.39, 0.29) is 22.9 Å². The summed E-state index contributed by atoms with van der Waals surface area (Å²) < 4.78 is 45.0. The van der Waals surface area contributed by atoms with Crippen LogP contribution in [0.25, 0.3) is 5.69 Å². The Hall–Kier alpha value is -3.61. The molecule has 0 radical (unpaired) electrons. The highest BCUT2D eigenvalue weighted by Gasteiger charge is 2.39. The van der Waals surface area contributed by atoms with Crippen molar-refractivity contribution in [1.29, 1.82) is 5.26 Å². The number of nitrogens with zero attached hydrogens (tertiary/aromatic N) is 4. The number of ketones is 1. The minimum Gasteiger partial charge on any atom is -0.444 e. The molecule has 2 aliphatic rings. The number of benzene rings is 1. The monoisotopic (exact) mass is 401 g/mol. The van der Waals surface area contributed by atoms with E-state index in [1.165, 1.54) is 23.0 Å². The van der Waals surface area contributed by atoms with E-state index < -0.39 is 17.7 Å². The van der Waals surface area contributed by atoms with Gasteiger partial charge in [0.1, 0.15) is 17.4 Å². The first-order chi connectivity index (χ1) is 13.8. The third kappa shape index (κ3) is 3.24. The van der Waals surface area contributed by atoms with Crippen molar-refractivity contribution >= 4 is 5.78 Å². The molecule has 1 aromatic carbocycles. The third-order valence-electron chi connectivity index (χ3n) is 4.87. The van der Waals surface area contributed by atoms with Gasteiger partial charge in [0.15, 0.2) is 5.78 Å². The zero-order valence-corrected chi connectivity index (χ0v) is 14.9. The van der Waals surface area contributed by atoms with Gasteiger partial charge in [0.05, 0.1) is 29.1 Å². The van der Waals surface area contributed by atoms with E-state index in [4.69, 9.17) is 10.5 Å². The van der Waals surface area contributed by atoms with Gasteiger partial charge >= 0.3 is 6.18 Å².